The van der Waals surface area contributed by atoms with Gasteiger partial charge in [-0.25, -0.2) is 4.79 Å². The molecule has 7 heteroatoms. The zero-order valence-corrected chi connectivity index (χ0v) is 10.1. The maximum absolute atomic E-state index is 11.0. The molecule has 7 nitrogen and oxygen atoms in total. The molecule has 0 saturated carbocycles. The lowest BCUT2D eigenvalue weighted by Crippen LogP contribution is -1.95. The first-order chi connectivity index (χ1) is 9.50. The van der Waals surface area contributed by atoms with Gasteiger partial charge in [-0.3, -0.25) is 0 Å². The highest BCUT2D eigenvalue weighted by Gasteiger charge is 2.12. The van der Waals surface area contributed by atoms with Crippen LogP contribution in [-0.2, 0) is 0 Å². The largest absolute Gasteiger partial charge is 0.504 e. The van der Waals surface area contributed by atoms with Gasteiger partial charge in [0.2, 0.25) is 5.75 Å². The fourth-order valence-corrected chi connectivity index (χ4v) is 1.49. The lowest BCUT2D eigenvalue weighted by molar-refractivity contribution is 0.0697. The van der Waals surface area contributed by atoms with Crippen molar-refractivity contribution in [3.8, 4) is 17.2 Å². The highest BCUT2D eigenvalue weighted by atomic mass is 16.4. The van der Waals surface area contributed by atoms with Gasteiger partial charge in [-0.1, -0.05) is 12.1 Å². The highest BCUT2D eigenvalue weighted by Crippen LogP contribution is 2.42. The van der Waals surface area contributed by atoms with Gasteiger partial charge in [0.05, 0.1) is 5.56 Å². The Labute approximate surface area is 113 Å². The number of rotatable bonds is 3. The van der Waals surface area contributed by atoms with Crippen molar-refractivity contribution in [1.29, 1.82) is 0 Å². The minimum absolute atomic E-state index is 0.0428. The van der Waals surface area contributed by atoms with Crippen molar-refractivity contribution in [3.63, 3.8) is 0 Å². The zero-order chi connectivity index (χ0) is 14.7. The molecule has 4 N–H and O–H groups in total. The van der Waals surface area contributed by atoms with Crippen molar-refractivity contribution in [2.75, 3.05) is 0 Å². The van der Waals surface area contributed by atoms with E-state index >= 15 is 0 Å². The second-order valence-electron chi connectivity index (χ2n) is 3.82. The average Bonchev–Trinajstić information content (AvgIpc) is 2.44. The van der Waals surface area contributed by atoms with Crippen LogP contribution in [0, 0.1) is 0 Å². The second-order valence-corrected chi connectivity index (χ2v) is 3.82. The molecule has 0 amide bonds. The van der Waals surface area contributed by atoms with E-state index < -0.39 is 23.2 Å². The van der Waals surface area contributed by atoms with E-state index in [0.29, 0.717) is 0 Å². The van der Waals surface area contributed by atoms with E-state index in [9.17, 15) is 15.0 Å². The third-order valence-electron chi connectivity index (χ3n) is 2.51. The predicted molar refractivity (Wildman–Crippen MR) is 69.0 cm³/mol. The fraction of sp³-hybridized carbons (Fsp3) is 0. The van der Waals surface area contributed by atoms with Crippen LogP contribution in [0.1, 0.15) is 10.4 Å². The molecule has 2 aromatic rings. The average molecular weight is 274 g/mol. The van der Waals surface area contributed by atoms with E-state index in [-0.39, 0.29) is 16.9 Å². The third-order valence-corrected chi connectivity index (χ3v) is 2.51. The minimum atomic E-state index is -1.16. The number of hydrogen-bond donors (Lipinski definition) is 4. The number of benzene rings is 2. The molecular formula is C13H10N2O5. The number of phenols is 3. The summed E-state index contributed by atoms with van der Waals surface area (Å²) in [6.07, 6.45) is 0. The predicted octanol–water partition coefficient (Wildman–Crippen LogP) is 2.92. The second kappa shape index (κ2) is 5.27. The number of aromatic carboxylic acids is 1. The van der Waals surface area contributed by atoms with Gasteiger partial charge in [0.15, 0.2) is 11.5 Å². The number of nitrogens with zero attached hydrogens (tertiary/aromatic N) is 2. The van der Waals surface area contributed by atoms with Gasteiger partial charge in [-0.05, 0) is 24.3 Å². The third kappa shape index (κ3) is 2.51. The molecule has 0 heterocycles. The minimum Gasteiger partial charge on any atom is -0.504 e. The van der Waals surface area contributed by atoms with Gasteiger partial charge < -0.3 is 20.4 Å². The molecular weight excluding hydrogens is 264 g/mol. The lowest BCUT2D eigenvalue weighted by Gasteiger charge is -2.03. The molecule has 0 unspecified atom stereocenters. The van der Waals surface area contributed by atoms with Crippen LogP contribution in [0.5, 0.6) is 17.2 Å². The monoisotopic (exact) mass is 274 g/mol. The molecule has 0 bridgehead atoms. The Morgan fingerprint density at radius 2 is 1.50 bits per heavy atom. The first-order valence-corrected chi connectivity index (χ1v) is 5.48. The summed E-state index contributed by atoms with van der Waals surface area (Å²) in [5.41, 5.74) is -0.0359. The fourth-order valence-electron chi connectivity index (χ4n) is 1.49. The molecule has 0 aliphatic rings. The highest BCUT2D eigenvalue weighted by molar-refractivity contribution is 5.93. The van der Waals surface area contributed by atoms with Gasteiger partial charge in [0.1, 0.15) is 11.4 Å². The maximum Gasteiger partial charge on any atom is 0.337 e. The maximum atomic E-state index is 11.0. The standard InChI is InChI=1S/C13H10N2O5/c16-10-6-5-9(11(17)12(10)18)15-14-8-4-2-1-3-7(8)13(19)20/h1-6,16-18H,(H,19,20). The molecule has 0 saturated heterocycles. The van der Waals surface area contributed by atoms with E-state index in [2.05, 4.69) is 10.2 Å². The number of azo groups is 1. The Hall–Kier alpha value is -3.09. The normalized spacial score (nSPS) is 10.8. The summed E-state index contributed by atoms with van der Waals surface area (Å²) in [7, 11) is 0. The van der Waals surface area contributed by atoms with Crippen molar-refractivity contribution in [3.05, 3.63) is 42.0 Å². The number of aromatic hydroxyl groups is 3. The first-order valence-electron chi connectivity index (χ1n) is 5.48. The lowest BCUT2D eigenvalue weighted by atomic mass is 10.2. The van der Waals surface area contributed by atoms with Crippen LogP contribution in [0.3, 0.4) is 0 Å². The summed E-state index contributed by atoms with van der Waals surface area (Å²) in [5, 5.41) is 44.4. The molecule has 0 fully saturated rings. The number of carbonyl (C=O) groups is 1. The first kappa shape index (κ1) is 13.3. The Kier molecular flexibility index (Phi) is 3.52. The number of carboxylic acids is 1. The van der Waals surface area contributed by atoms with Crippen molar-refractivity contribution >= 4 is 17.3 Å². The number of phenolic OH excluding ortho intramolecular Hbond substituents is 3. The van der Waals surface area contributed by atoms with E-state index in [1.807, 2.05) is 0 Å². The van der Waals surface area contributed by atoms with Gasteiger partial charge >= 0.3 is 5.97 Å². The molecule has 2 aromatic carbocycles. The van der Waals surface area contributed by atoms with Gasteiger partial charge in [-0.15, -0.1) is 10.2 Å². The number of carboxylic acid groups (broad SMARTS) is 1. The van der Waals surface area contributed by atoms with Crippen LogP contribution < -0.4 is 0 Å². The Balaban J connectivity index is 2.40. The van der Waals surface area contributed by atoms with Gasteiger partial charge in [-0.2, -0.15) is 0 Å². The molecule has 0 aromatic heterocycles. The van der Waals surface area contributed by atoms with Gasteiger partial charge in [0, 0.05) is 0 Å². The van der Waals surface area contributed by atoms with E-state index in [0.717, 1.165) is 6.07 Å². The number of hydrogen-bond acceptors (Lipinski definition) is 6. The molecule has 0 aliphatic carbocycles. The topological polar surface area (TPSA) is 123 Å². The Morgan fingerprint density at radius 3 is 2.20 bits per heavy atom. The van der Waals surface area contributed by atoms with Gasteiger partial charge in [0.25, 0.3) is 0 Å². The van der Waals surface area contributed by atoms with Crippen LogP contribution in [0.4, 0.5) is 11.4 Å². The van der Waals surface area contributed by atoms with Crippen LogP contribution in [0.25, 0.3) is 0 Å². The van der Waals surface area contributed by atoms with Crippen LogP contribution in [0.15, 0.2) is 46.6 Å². The molecule has 0 spiro atoms. The van der Waals surface area contributed by atoms with E-state index in [4.69, 9.17) is 10.2 Å². The SMILES string of the molecule is O=C(O)c1ccccc1N=Nc1ccc(O)c(O)c1O. The molecule has 0 radical (unpaired) electrons. The molecule has 0 atom stereocenters. The Morgan fingerprint density at radius 1 is 0.850 bits per heavy atom. The van der Waals surface area contributed by atoms with E-state index in [1.54, 1.807) is 12.1 Å². The Bertz CT molecular complexity index is 697. The summed E-state index contributed by atoms with van der Waals surface area (Å²) in [6.45, 7) is 0. The summed E-state index contributed by atoms with van der Waals surface area (Å²) in [5.74, 6) is -3.00. The van der Waals surface area contributed by atoms with Crippen LogP contribution in [0.2, 0.25) is 0 Å². The summed E-state index contributed by atoms with van der Waals surface area (Å²) in [4.78, 5) is 11.0. The summed E-state index contributed by atoms with van der Waals surface area (Å²) in [6, 6.07) is 8.32. The van der Waals surface area contributed by atoms with Crippen LogP contribution >= 0.6 is 0 Å². The molecule has 20 heavy (non-hydrogen) atoms. The van der Waals surface area contributed by atoms with Crippen LogP contribution in [-0.4, -0.2) is 26.4 Å². The summed E-state index contributed by atoms with van der Waals surface area (Å²) < 4.78 is 0. The smallest absolute Gasteiger partial charge is 0.337 e. The molecule has 0 aliphatic heterocycles. The molecule has 102 valence electrons. The van der Waals surface area contributed by atoms with Crippen molar-refractivity contribution in [1.82, 2.24) is 0 Å². The van der Waals surface area contributed by atoms with E-state index in [1.165, 1.54) is 18.2 Å². The summed E-state index contributed by atoms with van der Waals surface area (Å²) >= 11 is 0. The molecule has 2 rings (SSSR count). The van der Waals surface area contributed by atoms with Crippen molar-refractivity contribution in [2.24, 2.45) is 10.2 Å². The zero-order valence-electron chi connectivity index (χ0n) is 10.1. The van der Waals surface area contributed by atoms with Crippen molar-refractivity contribution < 1.29 is 25.2 Å². The van der Waals surface area contributed by atoms with Crippen molar-refractivity contribution in [2.45, 2.75) is 0 Å². The quantitative estimate of drug-likeness (QED) is 0.506.